The number of rotatable bonds is 8. The number of para-hydroxylation sites is 1. The van der Waals surface area contributed by atoms with Crippen molar-refractivity contribution in [1.29, 1.82) is 0 Å². The number of nitrogens with zero attached hydrogens (tertiary/aromatic N) is 3. The van der Waals surface area contributed by atoms with Crippen LogP contribution in [0.25, 0.3) is 0 Å². The first-order valence-corrected chi connectivity index (χ1v) is 9.60. The smallest absolute Gasteiger partial charge is 0.208 e. The van der Waals surface area contributed by atoms with E-state index in [9.17, 15) is 8.42 Å². The van der Waals surface area contributed by atoms with Crippen LogP contribution in [0.4, 0.5) is 17.3 Å². The van der Waals surface area contributed by atoms with Gasteiger partial charge in [0.15, 0.2) is 0 Å². The summed E-state index contributed by atoms with van der Waals surface area (Å²) in [5.74, 6) is 1.41. The van der Waals surface area contributed by atoms with Gasteiger partial charge in [-0.05, 0) is 18.6 Å². The Morgan fingerprint density at radius 2 is 1.92 bits per heavy atom. The van der Waals surface area contributed by atoms with Gasteiger partial charge in [-0.25, -0.2) is 23.1 Å². The maximum atomic E-state index is 11.2. The molecule has 0 saturated carbocycles. The van der Waals surface area contributed by atoms with Crippen LogP contribution in [0.2, 0.25) is 0 Å². The molecule has 24 heavy (non-hydrogen) atoms. The number of anilines is 3. The van der Waals surface area contributed by atoms with Crippen LogP contribution >= 0.6 is 0 Å². The maximum absolute atomic E-state index is 11.2. The molecule has 0 spiro atoms. The Bertz CT molecular complexity index is 752. The highest BCUT2D eigenvalue weighted by Gasteiger charge is 2.12. The van der Waals surface area contributed by atoms with Crippen molar-refractivity contribution in [3.63, 3.8) is 0 Å². The fraction of sp³-hybridized carbons (Fsp3) is 0.375. The Balaban J connectivity index is 2.09. The molecule has 1 heterocycles. The first kappa shape index (κ1) is 18.2. The summed E-state index contributed by atoms with van der Waals surface area (Å²) < 4.78 is 25.0. The van der Waals surface area contributed by atoms with Gasteiger partial charge >= 0.3 is 0 Å². The second-order valence-electron chi connectivity index (χ2n) is 5.53. The van der Waals surface area contributed by atoms with Crippen molar-refractivity contribution in [3.05, 3.63) is 42.7 Å². The van der Waals surface area contributed by atoms with Crippen molar-refractivity contribution in [1.82, 2.24) is 14.7 Å². The van der Waals surface area contributed by atoms with E-state index in [0.717, 1.165) is 24.2 Å². The highest BCUT2D eigenvalue weighted by atomic mass is 32.2. The van der Waals surface area contributed by atoms with Crippen LogP contribution in [0, 0.1) is 0 Å². The molecular formula is C16H23N5O2S. The van der Waals surface area contributed by atoms with Crippen LogP contribution < -0.4 is 14.9 Å². The number of benzene rings is 1. The monoisotopic (exact) mass is 349 g/mol. The molecule has 2 N–H and O–H groups in total. The SMILES string of the molecule is CCC(CNS(C)(=O)=O)Nc1cc(N(C)c2ccccc2)ncn1. The molecule has 130 valence electrons. The van der Waals surface area contributed by atoms with Crippen molar-refractivity contribution in [2.75, 3.05) is 30.1 Å². The highest BCUT2D eigenvalue weighted by molar-refractivity contribution is 7.88. The van der Waals surface area contributed by atoms with Crippen LogP contribution in [-0.2, 0) is 10.0 Å². The van der Waals surface area contributed by atoms with Crippen molar-refractivity contribution in [2.45, 2.75) is 19.4 Å². The molecule has 0 saturated heterocycles. The summed E-state index contributed by atoms with van der Waals surface area (Å²) in [6.07, 6.45) is 3.40. The van der Waals surface area contributed by atoms with Crippen LogP contribution in [0.5, 0.6) is 0 Å². The average molecular weight is 349 g/mol. The van der Waals surface area contributed by atoms with E-state index in [-0.39, 0.29) is 6.04 Å². The summed E-state index contributed by atoms with van der Waals surface area (Å²) in [6, 6.07) is 11.7. The number of hydrogen-bond acceptors (Lipinski definition) is 6. The summed E-state index contributed by atoms with van der Waals surface area (Å²) in [5.41, 5.74) is 1.02. The minimum atomic E-state index is -3.21. The van der Waals surface area contributed by atoms with E-state index in [1.807, 2.05) is 55.3 Å². The third-order valence-electron chi connectivity index (χ3n) is 3.58. The van der Waals surface area contributed by atoms with E-state index in [1.54, 1.807) is 0 Å². The lowest BCUT2D eigenvalue weighted by atomic mass is 10.2. The van der Waals surface area contributed by atoms with E-state index >= 15 is 0 Å². The van der Waals surface area contributed by atoms with E-state index in [4.69, 9.17) is 0 Å². The zero-order valence-electron chi connectivity index (χ0n) is 14.1. The predicted molar refractivity (Wildman–Crippen MR) is 97.1 cm³/mol. The molecular weight excluding hydrogens is 326 g/mol. The fourth-order valence-corrected chi connectivity index (χ4v) is 2.66. The molecule has 2 rings (SSSR count). The van der Waals surface area contributed by atoms with Crippen molar-refractivity contribution in [3.8, 4) is 0 Å². The molecule has 0 amide bonds. The van der Waals surface area contributed by atoms with Gasteiger partial charge in [-0.1, -0.05) is 25.1 Å². The van der Waals surface area contributed by atoms with E-state index in [1.165, 1.54) is 6.33 Å². The molecule has 1 atom stereocenters. The summed E-state index contributed by atoms with van der Waals surface area (Å²) in [6.45, 7) is 2.29. The Hall–Kier alpha value is -2.19. The van der Waals surface area contributed by atoms with E-state index < -0.39 is 10.0 Å². The molecule has 1 unspecified atom stereocenters. The third-order valence-corrected chi connectivity index (χ3v) is 4.27. The molecule has 2 aromatic rings. The lowest BCUT2D eigenvalue weighted by molar-refractivity contribution is 0.576. The minimum Gasteiger partial charge on any atom is -0.366 e. The van der Waals surface area contributed by atoms with Gasteiger partial charge in [-0.2, -0.15) is 0 Å². The summed E-state index contributed by atoms with van der Waals surface area (Å²) in [7, 11) is -1.28. The molecule has 0 radical (unpaired) electrons. The van der Waals surface area contributed by atoms with Gasteiger partial charge in [0, 0.05) is 31.4 Å². The van der Waals surface area contributed by atoms with Gasteiger partial charge in [0.2, 0.25) is 10.0 Å². The standard InChI is InChI=1S/C16H23N5O2S/c1-4-13(11-19-24(3,22)23)20-15-10-16(18-12-17-15)21(2)14-8-6-5-7-9-14/h5-10,12-13,19H,4,11H2,1-3H3,(H,17,18,20). The van der Waals surface area contributed by atoms with Crippen LogP contribution in [0.15, 0.2) is 42.7 Å². The van der Waals surface area contributed by atoms with Crippen molar-refractivity contribution in [2.24, 2.45) is 0 Å². The summed E-state index contributed by atoms with van der Waals surface area (Å²) in [5, 5.41) is 3.24. The van der Waals surface area contributed by atoms with Crippen LogP contribution in [0.1, 0.15) is 13.3 Å². The van der Waals surface area contributed by atoms with Crippen molar-refractivity contribution < 1.29 is 8.42 Å². The number of nitrogens with one attached hydrogen (secondary N) is 2. The first-order valence-electron chi connectivity index (χ1n) is 7.71. The fourth-order valence-electron chi connectivity index (χ4n) is 2.15. The van der Waals surface area contributed by atoms with Gasteiger partial charge in [-0.3, -0.25) is 0 Å². The van der Waals surface area contributed by atoms with Gasteiger partial charge < -0.3 is 10.2 Å². The number of sulfonamides is 1. The molecule has 7 nitrogen and oxygen atoms in total. The summed E-state index contributed by atoms with van der Waals surface area (Å²) >= 11 is 0. The van der Waals surface area contributed by atoms with Crippen LogP contribution in [-0.4, -0.2) is 44.3 Å². The molecule has 1 aromatic carbocycles. The van der Waals surface area contributed by atoms with Gasteiger partial charge in [0.05, 0.1) is 6.26 Å². The van der Waals surface area contributed by atoms with Gasteiger partial charge in [0.25, 0.3) is 0 Å². The maximum Gasteiger partial charge on any atom is 0.208 e. The van der Waals surface area contributed by atoms with E-state index in [2.05, 4.69) is 20.0 Å². The van der Waals surface area contributed by atoms with Gasteiger partial charge in [0.1, 0.15) is 18.0 Å². The normalized spacial score (nSPS) is 12.6. The Kier molecular flexibility index (Phi) is 6.10. The van der Waals surface area contributed by atoms with Gasteiger partial charge in [-0.15, -0.1) is 0 Å². The van der Waals surface area contributed by atoms with E-state index in [0.29, 0.717) is 12.4 Å². The lowest BCUT2D eigenvalue weighted by Crippen LogP contribution is -2.35. The highest BCUT2D eigenvalue weighted by Crippen LogP contribution is 2.22. The molecule has 0 bridgehead atoms. The largest absolute Gasteiger partial charge is 0.366 e. The molecule has 8 heteroatoms. The first-order chi connectivity index (χ1) is 11.4. The second kappa shape index (κ2) is 8.07. The Morgan fingerprint density at radius 3 is 2.54 bits per heavy atom. The minimum absolute atomic E-state index is 0.0514. The average Bonchev–Trinajstić information content (AvgIpc) is 2.58. The topological polar surface area (TPSA) is 87.2 Å². The Labute approximate surface area is 143 Å². The Morgan fingerprint density at radius 1 is 1.21 bits per heavy atom. The molecule has 1 aromatic heterocycles. The lowest BCUT2D eigenvalue weighted by Gasteiger charge is -2.21. The predicted octanol–water partition coefficient (Wildman–Crippen LogP) is 1.98. The molecule has 0 aliphatic heterocycles. The van der Waals surface area contributed by atoms with Crippen LogP contribution in [0.3, 0.4) is 0 Å². The third kappa shape index (κ3) is 5.47. The zero-order valence-corrected chi connectivity index (χ0v) is 14.9. The number of aromatic nitrogens is 2. The summed E-state index contributed by atoms with van der Waals surface area (Å²) in [4.78, 5) is 10.5. The van der Waals surface area contributed by atoms with Crippen molar-refractivity contribution >= 4 is 27.3 Å². The molecule has 0 aliphatic rings. The quantitative estimate of drug-likeness (QED) is 0.758. The second-order valence-corrected chi connectivity index (χ2v) is 7.36. The molecule has 0 fully saturated rings. The number of hydrogen-bond donors (Lipinski definition) is 2. The zero-order chi connectivity index (χ0) is 17.6. The molecule has 0 aliphatic carbocycles.